The first-order valence-corrected chi connectivity index (χ1v) is 6.25. The van der Waals surface area contributed by atoms with Gasteiger partial charge in [-0.15, -0.1) is 0 Å². The molecular formula is C10H12NNaO4S. The summed E-state index contributed by atoms with van der Waals surface area (Å²) in [6.45, 7) is 0.0885. The van der Waals surface area contributed by atoms with Crippen LogP contribution in [0, 0.1) is 0 Å². The average molecular weight is 265 g/mol. The van der Waals surface area contributed by atoms with E-state index in [4.69, 9.17) is 0 Å². The SMILES string of the molecule is O=C([O-])CCCNS(=O)(=O)c1ccccc1.[Na+]. The van der Waals surface area contributed by atoms with Gasteiger partial charge in [-0.3, -0.25) is 0 Å². The van der Waals surface area contributed by atoms with Crippen molar-refractivity contribution in [2.75, 3.05) is 6.54 Å². The maximum atomic E-state index is 11.6. The molecule has 0 aliphatic carbocycles. The van der Waals surface area contributed by atoms with Crippen LogP contribution in [0.15, 0.2) is 35.2 Å². The van der Waals surface area contributed by atoms with Gasteiger partial charge in [0.05, 0.1) is 4.90 Å². The predicted octanol–water partition coefficient (Wildman–Crippen LogP) is -3.50. The molecule has 1 N–H and O–H groups in total. The van der Waals surface area contributed by atoms with Gasteiger partial charge in [-0.2, -0.15) is 0 Å². The van der Waals surface area contributed by atoms with Gasteiger partial charge in [0.25, 0.3) is 0 Å². The zero-order chi connectivity index (χ0) is 12.0. The number of carboxylic acid groups (broad SMARTS) is 1. The van der Waals surface area contributed by atoms with Gasteiger partial charge in [-0.25, -0.2) is 13.1 Å². The molecule has 5 nitrogen and oxygen atoms in total. The van der Waals surface area contributed by atoms with Crippen LogP contribution in [0.5, 0.6) is 0 Å². The van der Waals surface area contributed by atoms with Crippen LogP contribution in [0.25, 0.3) is 0 Å². The Bertz CT molecular complexity index is 447. The zero-order valence-electron chi connectivity index (χ0n) is 9.55. The van der Waals surface area contributed by atoms with Crippen molar-refractivity contribution in [1.82, 2.24) is 4.72 Å². The molecule has 0 atom stereocenters. The Morgan fingerprint density at radius 2 is 1.82 bits per heavy atom. The van der Waals surface area contributed by atoms with Gasteiger partial charge in [0.1, 0.15) is 0 Å². The quantitative estimate of drug-likeness (QED) is 0.427. The molecule has 0 fully saturated rings. The second kappa shape index (κ2) is 7.84. The van der Waals surface area contributed by atoms with E-state index in [2.05, 4.69) is 4.72 Å². The Labute approximate surface area is 123 Å². The Morgan fingerprint density at radius 1 is 1.24 bits per heavy atom. The van der Waals surface area contributed by atoms with Gasteiger partial charge >= 0.3 is 29.6 Å². The number of carboxylic acids is 1. The zero-order valence-corrected chi connectivity index (χ0v) is 12.4. The number of rotatable bonds is 6. The Hall–Kier alpha value is -0.400. The fourth-order valence-corrected chi connectivity index (χ4v) is 2.22. The third kappa shape index (κ3) is 6.18. The largest absolute Gasteiger partial charge is 1.00 e. The van der Waals surface area contributed by atoms with Crippen LogP contribution in [-0.2, 0) is 14.8 Å². The van der Waals surface area contributed by atoms with E-state index in [-0.39, 0.29) is 53.8 Å². The van der Waals surface area contributed by atoms with Crippen LogP contribution in [0.2, 0.25) is 0 Å². The number of aliphatic carboxylic acids is 1. The molecule has 1 aromatic rings. The van der Waals surface area contributed by atoms with Crippen LogP contribution < -0.4 is 39.4 Å². The fraction of sp³-hybridized carbons (Fsp3) is 0.300. The van der Waals surface area contributed by atoms with Crippen LogP contribution in [0.1, 0.15) is 12.8 Å². The predicted molar refractivity (Wildman–Crippen MR) is 55.9 cm³/mol. The van der Waals surface area contributed by atoms with E-state index < -0.39 is 16.0 Å². The normalized spacial score (nSPS) is 10.6. The van der Waals surface area contributed by atoms with Crippen LogP contribution in [0.4, 0.5) is 0 Å². The number of nitrogens with one attached hydrogen (secondary N) is 1. The van der Waals surface area contributed by atoms with Crippen LogP contribution in [0.3, 0.4) is 0 Å². The first-order valence-electron chi connectivity index (χ1n) is 4.77. The number of sulfonamides is 1. The molecule has 0 amide bonds. The van der Waals surface area contributed by atoms with Gasteiger partial charge in [0, 0.05) is 12.5 Å². The molecule has 1 aromatic carbocycles. The monoisotopic (exact) mass is 265 g/mol. The molecule has 7 heteroatoms. The summed E-state index contributed by atoms with van der Waals surface area (Å²) in [5, 5.41) is 10.1. The maximum Gasteiger partial charge on any atom is 1.00 e. The maximum absolute atomic E-state index is 11.6. The smallest absolute Gasteiger partial charge is 0.550 e. The fourth-order valence-electron chi connectivity index (χ4n) is 1.12. The first-order chi connectivity index (χ1) is 7.52. The van der Waals surface area contributed by atoms with E-state index in [1.807, 2.05) is 0 Å². The van der Waals surface area contributed by atoms with Gasteiger partial charge in [0.2, 0.25) is 10.0 Å². The molecule has 0 aromatic heterocycles. The molecule has 0 bridgehead atoms. The van der Waals surface area contributed by atoms with E-state index in [9.17, 15) is 18.3 Å². The van der Waals surface area contributed by atoms with Crippen molar-refractivity contribution in [3.8, 4) is 0 Å². The van der Waals surface area contributed by atoms with E-state index in [0.717, 1.165) is 0 Å². The van der Waals surface area contributed by atoms with Crippen molar-refractivity contribution in [1.29, 1.82) is 0 Å². The Kier molecular flexibility index (Phi) is 7.65. The minimum absolute atomic E-state index is 0. The van der Waals surface area contributed by atoms with Crippen molar-refractivity contribution >= 4 is 16.0 Å². The molecular weight excluding hydrogens is 253 g/mol. The van der Waals surface area contributed by atoms with Crippen molar-refractivity contribution in [3.05, 3.63) is 30.3 Å². The molecule has 17 heavy (non-hydrogen) atoms. The molecule has 0 saturated heterocycles. The molecule has 0 aliphatic heterocycles. The summed E-state index contributed by atoms with van der Waals surface area (Å²) in [7, 11) is -3.52. The van der Waals surface area contributed by atoms with E-state index in [1.54, 1.807) is 18.2 Å². The van der Waals surface area contributed by atoms with Crippen molar-refractivity contribution in [2.45, 2.75) is 17.7 Å². The molecule has 0 heterocycles. The van der Waals surface area contributed by atoms with Crippen LogP contribution >= 0.6 is 0 Å². The van der Waals surface area contributed by atoms with Crippen LogP contribution in [-0.4, -0.2) is 20.9 Å². The summed E-state index contributed by atoms with van der Waals surface area (Å²) in [5.41, 5.74) is 0. The topological polar surface area (TPSA) is 86.3 Å². The third-order valence-electron chi connectivity index (χ3n) is 1.90. The van der Waals surface area contributed by atoms with Gasteiger partial charge in [-0.05, 0) is 25.0 Å². The van der Waals surface area contributed by atoms with Crippen molar-refractivity contribution < 1.29 is 47.9 Å². The van der Waals surface area contributed by atoms with E-state index in [0.29, 0.717) is 0 Å². The summed E-state index contributed by atoms with van der Waals surface area (Å²) in [6, 6.07) is 7.91. The van der Waals surface area contributed by atoms with Gasteiger partial charge in [0.15, 0.2) is 0 Å². The Morgan fingerprint density at radius 3 is 2.35 bits per heavy atom. The second-order valence-corrected chi connectivity index (χ2v) is 4.95. The van der Waals surface area contributed by atoms with Gasteiger partial charge in [-0.1, -0.05) is 18.2 Å². The average Bonchev–Trinajstić information content (AvgIpc) is 2.26. The third-order valence-corrected chi connectivity index (χ3v) is 3.38. The summed E-state index contributed by atoms with van der Waals surface area (Å²) >= 11 is 0. The number of benzene rings is 1. The summed E-state index contributed by atoms with van der Waals surface area (Å²) in [5.74, 6) is -1.18. The van der Waals surface area contributed by atoms with Gasteiger partial charge < -0.3 is 9.90 Å². The summed E-state index contributed by atoms with van der Waals surface area (Å²) < 4.78 is 25.5. The second-order valence-electron chi connectivity index (χ2n) is 3.19. The number of hydrogen-bond donors (Lipinski definition) is 1. The molecule has 0 saturated carbocycles. The van der Waals surface area contributed by atoms with Crippen molar-refractivity contribution in [3.63, 3.8) is 0 Å². The first kappa shape index (κ1) is 16.6. The molecule has 1 rings (SSSR count). The molecule has 88 valence electrons. The van der Waals surface area contributed by atoms with E-state index >= 15 is 0 Å². The molecule has 0 radical (unpaired) electrons. The molecule has 0 unspecified atom stereocenters. The molecule has 0 spiro atoms. The minimum atomic E-state index is -3.52. The molecule has 0 aliphatic rings. The summed E-state index contributed by atoms with van der Waals surface area (Å²) in [4.78, 5) is 10.3. The summed E-state index contributed by atoms with van der Waals surface area (Å²) in [6.07, 6.45) is 0.0612. The Balaban J connectivity index is 0.00000256. The number of carbonyl (C=O) groups is 1. The number of hydrogen-bond acceptors (Lipinski definition) is 4. The standard InChI is InChI=1S/C10H13NO4S.Na/c12-10(13)7-4-8-11-16(14,15)9-5-2-1-3-6-9;/h1-3,5-6,11H,4,7-8H2,(H,12,13);/q;+1/p-1. The number of carbonyl (C=O) groups excluding carboxylic acids is 1. The van der Waals surface area contributed by atoms with Crippen molar-refractivity contribution in [2.24, 2.45) is 0 Å². The van der Waals surface area contributed by atoms with E-state index in [1.165, 1.54) is 12.1 Å². The minimum Gasteiger partial charge on any atom is -0.550 e.